The first-order valence-corrected chi connectivity index (χ1v) is 5.81. The molecule has 17 heavy (non-hydrogen) atoms. The van der Waals surface area contributed by atoms with Crippen molar-refractivity contribution in [2.75, 3.05) is 6.54 Å². The van der Waals surface area contributed by atoms with E-state index >= 15 is 0 Å². The smallest absolute Gasteiger partial charge is 0.181 e. The van der Waals surface area contributed by atoms with Crippen LogP contribution < -0.4 is 11.5 Å². The Morgan fingerprint density at radius 1 is 1.41 bits per heavy atom. The quantitative estimate of drug-likeness (QED) is 0.848. The molecular weight excluding hydrogens is 214 g/mol. The zero-order valence-electron chi connectivity index (χ0n) is 10.3. The molecule has 1 aromatic carbocycles. The summed E-state index contributed by atoms with van der Waals surface area (Å²) >= 11 is 0. The standard InChI is InChI=1S/C13H19N3O/c1-13(2,7-14)6-10(15)9-3-4-11-12(5-9)17-8-16-11/h3-5,8,10H,6-7,14-15H2,1-2H3. The number of aromatic nitrogens is 1. The van der Waals surface area contributed by atoms with Crippen molar-refractivity contribution in [2.45, 2.75) is 26.3 Å². The summed E-state index contributed by atoms with van der Waals surface area (Å²) in [6.45, 7) is 4.88. The van der Waals surface area contributed by atoms with Gasteiger partial charge in [0.2, 0.25) is 0 Å². The zero-order valence-corrected chi connectivity index (χ0v) is 10.3. The summed E-state index contributed by atoms with van der Waals surface area (Å²) in [5, 5.41) is 0. The summed E-state index contributed by atoms with van der Waals surface area (Å²) in [7, 11) is 0. The minimum Gasteiger partial charge on any atom is -0.443 e. The van der Waals surface area contributed by atoms with Crippen LogP contribution in [-0.2, 0) is 0 Å². The summed E-state index contributed by atoms with van der Waals surface area (Å²) < 4.78 is 5.27. The molecule has 1 heterocycles. The molecule has 0 aliphatic carbocycles. The Hall–Kier alpha value is -1.39. The molecule has 4 nitrogen and oxygen atoms in total. The fourth-order valence-electron chi connectivity index (χ4n) is 1.90. The monoisotopic (exact) mass is 233 g/mol. The number of oxazole rings is 1. The molecule has 0 aliphatic heterocycles. The molecule has 0 bridgehead atoms. The van der Waals surface area contributed by atoms with Crippen molar-refractivity contribution in [1.82, 2.24) is 4.98 Å². The van der Waals surface area contributed by atoms with Gasteiger partial charge in [0.25, 0.3) is 0 Å². The van der Waals surface area contributed by atoms with Crippen LogP contribution in [0.3, 0.4) is 0 Å². The van der Waals surface area contributed by atoms with Gasteiger partial charge in [0, 0.05) is 6.04 Å². The average molecular weight is 233 g/mol. The van der Waals surface area contributed by atoms with Crippen molar-refractivity contribution in [1.29, 1.82) is 0 Å². The van der Waals surface area contributed by atoms with E-state index in [9.17, 15) is 0 Å². The Kier molecular flexibility index (Phi) is 3.17. The molecule has 0 fully saturated rings. The number of nitrogens with zero attached hydrogens (tertiary/aromatic N) is 1. The minimum absolute atomic E-state index is 0.0250. The first-order valence-electron chi connectivity index (χ1n) is 5.81. The Labute approximate surface area is 101 Å². The highest BCUT2D eigenvalue weighted by Crippen LogP contribution is 2.28. The second-order valence-electron chi connectivity index (χ2n) is 5.26. The third-order valence-corrected chi connectivity index (χ3v) is 3.11. The number of rotatable bonds is 4. The maximum Gasteiger partial charge on any atom is 0.181 e. The van der Waals surface area contributed by atoms with Crippen molar-refractivity contribution in [3.63, 3.8) is 0 Å². The van der Waals surface area contributed by atoms with Crippen molar-refractivity contribution in [3.05, 3.63) is 30.2 Å². The Balaban J connectivity index is 2.21. The topological polar surface area (TPSA) is 78.1 Å². The average Bonchev–Trinajstić information content (AvgIpc) is 2.75. The van der Waals surface area contributed by atoms with Crippen LogP contribution in [0, 0.1) is 5.41 Å². The predicted molar refractivity (Wildman–Crippen MR) is 68.4 cm³/mol. The molecule has 0 spiro atoms. The van der Waals surface area contributed by atoms with Gasteiger partial charge in [-0.25, -0.2) is 4.98 Å². The lowest BCUT2D eigenvalue weighted by Crippen LogP contribution is -2.28. The van der Waals surface area contributed by atoms with Crippen LogP contribution in [0.1, 0.15) is 31.9 Å². The Bertz CT molecular complexity index is 504. The van der Waals surface area contributed by atoms with Crippen LogP contribution in [0.4, 0.5) is 0 Å². The molecule has 4 N–H and O–H groups in total. The Morgan fingerprint density at radius 3 is 2.88 bits per heavy atom. The van der Waals surface area contributed by atoms with Crippen molar-refractivity contribution in [2.24, 2.45) is 16.9 Å². The van der Waals surface area contributed by atoms with E-state index in [1.165, 1.54) is 6.39 Å². The molecule has 1 atom stereocenters. The molecule has 4 heteroatoms. The van der Waals surface area contributed by atoms with Crippen LogP contribution in [0.25, 0.3) is 11.1 Å². The third kappa shape index (κ3) is 2.65. The first kappa shape index (κ1) is 12.1. The molecule has 0 amide bonds. The van der Waals surface area contributed by atoms with Gasteiger partial charge in [-0.15, -0.1) is 0 Å². The highest BCUT2D eigenvalue weighted by molar-refractivity contribution is 5.72. The molecule has 0 aliphatic rings. The first-order chi connectivity index (χ1) is 8.02. The van der Waals surface area contributed by atoms with Gasteiger partial charge in [0.05, 0.1) is 0 Å². The molecule has 92 valence electrons. The van der Waals surface area contributed by atoms with Gasteiger partial charge in [-0.2, -0.15) is 0 Å². The van der Waals surface area contributed by atoms with Crippen LogP contribution in [0.5, 0.6) is 0 Å². The summed E-state index contributed by atoms with van der Waals surface area (Å²) in [4.78, 5) is 4.08. The predicted octanol–water partition coefficient (Wildman–Crippen LogP) is 2.20. The maximum atomic E-state index is 6.20. The summed E-state index contributed by atoms with van der Waals surface area (Å²) in [6, 6.07) is 5.87. The number of fused-ring (bicyclic) bond motifs is 1. The van der Waals surface area contributed by atoms with Gasteiger partial charge in [-0.3, -0.25) is 0 Å². The summed E-state index contributed by atoms with van der Waals surface area (Å²) in [5.74, 6) is 0. The Morgan fingerprint density at radius 2 is 2.18 bits per heavy atom. The largest absolute Gasteiger partial charge is 0.443 e. The van der Waals surface area contributed by atoms with Gasteiger partial charge in [-0.1, -0.05) is 19.9 Å². The van der Waals surface area contributed by atoms with Crippen LogP contribution in [-0.4, -0.2) is 11.5 Å². The number of benzene rings is 1. The van der Waals surface area contributed by atoms with Gasteiger partial charge < -0.3 is 15.9 Å². The highest BCUT2D eigenvalue weighted by Gasteiger charge is 2.21. The number of hydrogen-bond donors (Lipinski definition) is 2. The van der Waals surface area contributed by atoms with E-state index in [4.69, 9.17) is 15.9 Å². The normalized spacial score (nSPS) is 14.1. The van der Waals surface area contributed by atoms with E-state index in [-0.39, 0.29) is 11.5 Å². The van der Waals surface area contributed by atoms with E-state index < -0.39 is 0 Å². The van der Waals surface area contributed by atoms with E-state index in [1.54, 1.807) is 0 Å². The van der Waals surface area contributed by atoms with Crippen molar-refractivity contribution >= 4 is 11.1 Å². The fourth-order valence-corrected chi connectivity index (χ4v) is 1.90. The van der Waals surface area contributed by atoms with E-state index in [1.807, 2.05) is 18.2 Å². The van der Waals surface area contributed by atoms with Crippen LogP contribution in [0.15, 0.2) is 29.0 Å². The lowest BCUT2D eigenvalue weighted by atomic mass is 9.84. The van der Waals surface area contributed by atoms with Gasteiger partial charge in [-0.05, 0) is 36.1 Å². The molecule has 1 aromatic heterocycles. The molecule has 0 radical (unpaired) electrons. The number of hydrogen-bond acceptors (Lipinski definition) is 4. The fraction of sp³-hybridized carbons (Fsp3) is 0.462. The highest BCUT2D eigenvalue weighted by atomic mass is 16.3. The van der Waals surface area contributed by atoms with Gasteiger partial charge >= 0.3 is 0 Å². The zero-order chi connectivity index (χ0) is 12.5. The molecular formula is C13H19N3O. The molecule has 2 rings (SSSR count). The number of nitrogens with two attached hydrogens (primary N) is 2. The van der Waals surface area contributed by atoms with Crippen molar-refractivity contribution in [3.8, 4) is 0 Å². The van der Waals surface area contributed by atoms with Gasteiger partial charge in [0.15, 0.2) is 12.0 Å². The molecule has 2 aromatic rings. The lowest BCUT2D eigenvalue weighted by molar-refractivity contribution is 0.317. The second-order valence-corrected chi connectivity index (χ2v) is 5.26. The van der Waals surface area contributed by atoms with Crippen LogP contribution >= 0.6 is 0 Å². The molecule has 0 saturated heterocycles. The van der Waals surface area contributed by atoms with Crippen molar-refractivity contribution < 1.29 is 4.42 Å². The SMILES string of the molecule is CC(C)(CN)CC(N)c1ccc2ncoc2c1. The third-order valence-electron chi connectivity index (χ3n) is 3.11. The summed E-state index contributed by atoms with van der Waals surface area (Å²) in [5.41, 5.74) is 14.7. The molecule has 0 saturated carbocycles. The summed E-state index contributed by atoms with van der Waals surface area (Å²) in [6.07, 6.45) is 2.30. The minimum atomic E-state index is -0.0250. The van der Waals surface area contributed by atoms with E-state index in [0.717, 1.165) is 23.1 Å². The second kappa shape index (κ2) is 4.47. The maximum absolute atomic E-state index is 6.20. The lowest BCUT2D eigenvalue weighted by Gasteiger charge is -2.26. The van der Waals surface area contributed by atoms with Gasteiger partial charge in [0.1, 0.15) is 5.52 Å². The molecule has 1 unspecified atom stereocenters. The van der Waals surface area contributed by atoms with E-state index in [2.05, 4.69) is 18.8 Å². The van der Waals surface area contributed by atoms with E-state index in [0.29, 0.717) is 6.54 Å². The van der Waals surface area contributed by atoms with Crippen LogP contribution in [0.2, 0.25) is 0 Å².